The molecule has 2 aromatic rings. The van der Waals surface area contributed by atoms with Crippen LogP contribution in [-0.2, 0) is 21.5 Å². The van der Waals surface area contributed by atoms with Gasteiger partial charge in [-0.2, -0.15) is 0 Å². The van der Waals surface area contributed by atoms with E-state index in [1.807, 2.05) is 30.3 Å². The molecule has 0 bridgehead atoms. The molecular weight excluding hydrogens is 332 g/mol. The number of hydrogen-bond acceptors (Lipinski definition) is 5. The number of nitro benzene ring substituents is 1. The van der Waals surface area contributed by atoms with Crippen molar-refractivity contribution in [3.63, 3.8) is 0 Å². The average molecular weight is 354 g/mol. The SMILES string of the molecule is CCOC(=O)C1(c2ccccc2[N+](=O)[O-])CCN(Cc2ccccc2)C1. The predicted octanol–water partition coefficient (Wildman–Crippen LogP) is 3.30. The van der Waals surface area contributed by atoms with Crippen molar-refractivity contribution in [2.45, 2.75) is 25.3 Å². The van der Waals surface area contributed by atoms with Gasteiger partial charge in [-0.3, -0.25) is 19.8 Å². The molecule has 1 heterocycles. The molecule has 3 rings (SSSR count). The summed E-state index contributed by atoms with van der Waals surface area (Å²) in [7, 11) is 0. The number of nitrogens with zero attached hydrogens (tertiary/aromatic N) is 2. The van der Waals surface area contributed by atoms with E-state index >= 15 is 0 Å². The highest BCUT2D eigenvalue weighted by atomic mass is 16.6. The molecule has 0 spiro atoms. The molecule has 6 nitrogen and oxygen atoms in total. The van der Waals surface area contributed by atoms with Crippen molar-refractivity contribution < 1.29 is 14.5 Å². The van der Waals surface area contributed by atoms with E-state index < -0.39 is 10.3 Å². The second-order valence-corrected chi connectivity index (χ2v) is 6.52. The Hall–Kier alpha value is -2.73. The molecule has 6 heteroatoms. The van der Waals surface area contributed by atoms with Crippen LogP contribution in [0.25, 0.3) is 0 Å². The highest BCUT2D eigenvalue weighted by molar-refractivity contribution is 5.85. The van der Waals surface area contributed by atoms with Crippen molar-refractivity contribution in [2.75, 3.05) is 19.7 Å². The third-order valence-corrected chi connectivity index (χ3v) is 4.88. The molecule has 1 fully saturated rings. The van der Waals surface area contributed by atoms with E-state index in [-0.39, 0.29) is 18.3 Å². The van der Waals surface area contributed by atoms with Gasteiger partial charge in [-0.25, -0.2) is 0 Å². The first-order valence-electron chi connectivity index (χ1n) is 8.74. The fraction of sp³-hybridized carbons (Fsp3) is 0.350. The van der Waals surface area contributed by atoms with Crippen LogP contribution in [0.15, 0.2) is 54.6 Å². The average Bonchev–Trinajstić information content (AvgIpc) is 3.08. The van der Waals surface area contributed by atoms with Crippen LogP contribution in [0, 0.1) is 10.1 Å². The maximum atomic E-state index is 12.9. The Balaban J connectivity index is 1.95. The van der Waals surface area contributed by atoms with Crippen LogP contribution in [0.2, 0.25) is 0 Å². The molecule has 0 saturated carbocycles. The normalized spacial score (nSPS) is 20.0. The lowest BCUT2D eigenvalue weighted by Gasteiger charge is -2.27. The molecule has 0 aromatic heterocycles. The molecule has 1 saturated heterocycles. The van der Waals surface area contributed by atoms with E-state index in [4.69, 9.17) is 4.74 Å². The molecule has 0 amide bonds. The summed E-state index contributed by atoms with van der Waals surface area (Å²) in [5.74, 6) is -0.384. The largest absolute Gasteiger partial charge is 0.465 e. The molecule has 26 heavy (non-hydrogen) atoms. The van der Waals surface area contributed by atoms with Gasteiger partial charge in [-0.05, 0) is 18.9 Å². The molecule has 0 aliphatic carbocycles. The third-order valence-electron chi connectivity index (χ3n) is 4.88. The lowest BCUT2D eigenvalue weighted by atomic mass is 9.78. The van der Waals surface area contributed by atoms with Crippen molar-refractivity contribution in [1.82, 2.24) is 4.90 Å². The van der Waals surface area contributed by atoms with Gasteiger partial charge in [-0.1, -0.05) is 48.5 Å². The van der Waals surface area contributed by atoms with Crippen LogP contribution in [0.1, 0.15) is 24.5 Å². The summed E-state index contributed by atoms with van der Waals surface area (Å²) in [5.41, 5.74) is 0.560. The summed E-state index contributed by atoms with van der Waals surface area (Å²) >= 11 is 0. The number of nitro groups is 1. The Morgan fingerprint density at radius 2 is 1.88 bits per heavy atom. The lowest BCUT2D eigenvalue weighted by Crippen LogP contribution is -2.40. The van der Waals surface area contributed by atoms with E-state index in [1.165, 1.54) is 6.07 Å². The summed E-state index contributed by atoms with van der Waals surface area (Å²) in [5, 5.41) is 11.5. The minimum absolute atomic E-state index is 0.0258. The van der Waals surface area contributed by atoms with Crippen LogP contribution in [0.3, 0.4) is 0 Å². The molecule has 1 atom stereocenters. The zero-order valence-corrected chi connectivity index (χ0v) is 14.8. The van der Waals surface area contributed by atoms with Crippen LogP contribution >= 0.6 is 0 Å². The first kappa shape index (κ1) is 18.1. The van der Waals surface area contributed by atoms with Gasteiger partial charge in [0.15, 0.2) is 0 Å². The van der Waals surface area contributed by atoms with Gasteiger partial charge in [0, 0.05) is 31.3 Å². The monoisotopic (exact) mass is 354 g/mol. The van der Waals surface area contributed by atoms with Crippen LogP contribution in [-0.4, -0.2) is 35.5 Å². The highest BCUT2D eigenvalue weighted by Crippen LogP contribution is 2.40. The van der Waals surface area contributed by atoms with Gasteiger partial charge in [0.05, 0.1) is 11.5 Å². The lowest BCUT2D eigenvalue weighted by molar-refractivity contribution is -0.386. The standard InChI is InChI=1S/C20H22N2O4/c1-2-26-19(23)20(17-10-6-7-11-18(17)22(24)25)12-13-21(15-20)14-16-8-4-3-5-9-16/h3-11H,2,12-15H2,1H3. The van der Waals surface area contributed by atoms with Crippen molar-refractivity contribution in [2.24, 2.45) is 0 Å². The second-order valence-electron chi connectivity index (χ2n) is 6.52. The number of ether oxygens (including phenoxy) is 1. The smallest absolute Gasteiger partial charge is 0.318 e. The quantitative estimate of drug-likeness (QED) is 0.452. The maximum absolute atomic E-state index is 12.9. The number of carbonyl (C=O) groups excluding carboxylic acids is 1. The summed E-state index contributed by atoms with van der Waals surface area (Å²) in [6.45, 7) is 3.79. The third kappa shape index (κ3) is 3.46. The molecule has 1 aliphatic rings. The zero-order valence-electron chi connectivity index (χ0n) is 14.8. The minimum Gasteiger partial charge on any atom is -0.465 e. The van der Waals surface area contributed by atoms with Gasteiger partial charge in [0.25, 0.3) is 5.69 Å². The minimum atomic E-state index is -1.01. The topological polar surface area (TPSA) is 72.7 Å². The van der Waals surface area contributed by atoms with Gasteiger partial charge in [0.2, 0.25) is 0 Å². The van der Waals surface area contributed by atoms with E-state index in [1.54, 1.807) is 25.1 Å². The van der Waals surface area contributed by atoms with Crippen LogP contribution in [0.4, 0.5) is 5.69 Å². The Labute approximate surface area is 152 Å². The summed E-state index contributed by atoms with van der Waals surface area (Å²) in [6.07, 6.45) is 0.503. The number of carbonyl (C=O) groups is 1. The van der Waals surface area contributed by atoms with E-state index in [0.717, 1.165) is 5.56 Å². The van der Waals surface area contributed by atoms with Crippen LogP contribution in [0.5, 0.6) is 0 Å². The number of likely N-dealkylation sites (tertiary alicyclic amines) is 1. The van der Waals surface area contributed by atoms with Crippen LogP contribution < -0.4 is 0 Å². The first-order valence-corrected chi connectivity index (χ1v) is 8.74. The van der Waals surface area contributed by atoms with Gasteiger partial charge >= 0.3 is 5.97 Å². The van der Waals surface area contributed by atoms with Crippen molar-refractivity contribution in [3.05, 3.63) is 75.8 Å². The molecule has 1 unspecified atom stereocenters. The van der Waals surface area contributed by atoms with Gasteiger partial charge < -0.3 is 4.74 Å². The van der Waals surface area contributed by atoms with Crippen molar-refractivity contribution in [1.29, 1.82) is 0 Å². The van der Waals surface area contributed by atoms with Gasteiger partial charge in [-0.15, -0.1) is 0 Å². The first-order chi connectivity index (χ1) is 12.6. The number of benzene rings is 2. The fourth-order valence-electron chi connectivity index (χ4n) is 3.67. The number of esters is 1. The molecule has 1 aliphatic heterocycles. The Morgan fingerprint density at radius 3 is 2.58 bits per heavy atom. The Morgan fingerprint density at radius 1 is 1.19 bits per heavy atom. The highest BCUT2D eigenvalue weighted by Gasteiger charge is 2.50. The molecule has 0 radical (unpaired) electrons. The summed E-state index contributed by atoms with van der Waals surface area (Å²) in [6, 6.07) is 16.5. The Bertz CT molecular complexity index is 793. The Kier molecular flexibility index (Phi) is 5.32. The number of rotatable bonds is 6. The molecular formula is C20H22N2O4. The van der Waals surface area contributed by atoms with Crippen molar-refractivity contribution in [3.8, 4) is 0 Å². The molecule has 0 N–H and O–H groups in total. The predicted molar refractivity (Wildman–Crippen MR) is 97.7 cm³/mol. The van der Waals surface area contributed by atoms with E-state index in [9.17, 15) is 14.9 Å². The van der Waals surface area contributed by atoms with E-state index in [2.05, 4.69) is 4.90 Å². The second kappa shape index (κ2) is 7.66. The fourth-order valence-corrected chi connectivity index (χ4v) is 3.67. The van der Waals surface area contributed by atoms with E-state index in [0.29, 0.717) is 31.6 Å². The van der Waals surface area contributed by atoms with Crippen molar-refractivity contribution >= 4 is 11.7 Å². The number of hydrogen-bond donors (Lipinski definition) is 0. The molecule has 2 aromatic carbocycles. The summed E-state index contributed by atoms with van der Waals surface area (Å²) in [4.78, 5) is 26.1. The van der Waals surface area contributed by atoms with Gasteiger partial charge in [0.1, 0.15) is 5.41 Å². The number of para-hydroxylation sites is 1. The molecule has 136 valence electrons. The maximum Gasteiger partial charge on any atom is 0.318 e. The summed E-state index contributed by atoms with van der Waals surface area (Å²) < 4.78 is 5.33. The zero-order chi connectivity index (χ0) is 18.6.